The highest BCUT2D eigenvalue weighted by atomic mass is 16.5. The van der Waals surface area contributed by atoms with Crippen LogP contribution in [0.2, 0.25) is 0 Å². The van der Waals surface area contributed by atoms with Gasteiger partial charge in [-0.3, -0.25) is 0 Å². The molecule has 0 aliphatic carbocycles. The fourth-order valence-electron chi connectivity index (χ4n) is 3.68. The highest BCUT2D eigenvalue weighted by Crippen LogP contribution is 2.30. The lowest BCUT2D eigenvalue weighted by molar-refractivity contribution is 0.315. The van der Waals surface area contributed by atoms with Crippen LogP contribution >= 0.6 is 0 Å². The molecule has 0 saturated heterocycles. The molecule has 32 heavy (non-hydrogen) atoms. The van der Waals surface area contributed by atoms with Gasteiger partial charge in [0.05, 0.1) is 13.7 Å². The molecule has 160 valence electrons. The first-order chi connectivity index (χ1) is 15.8. The van der Waals surface area contributed by atoms with E-state index in [0.717, 1.165) is 57.6 Å². The quantitative estimate of drug-likeness (QED) is 0.287. The van der Waals surface area contributed by atoms with E-state index in [-0.39, 0.29) is 0 Å². The second-order valence-corrected chi connectivity index (χ2v) is 7.53. The van der Waals surface area contributed by atoms with Gasteiger partial charge in [0, 0.05) is 23.2 Å². The van der Waals surface area contributed by atoms with Gasteiger partial charge in [0.25, 0.3) is 0 Å². The van der Waals surface area contributed by atoms with Gasteiger partial charge in [0.2, 0.25) is 5.89 Å². The summed E-state index contributed by atoms with van der Waals surface area (Å²) in [7, 11) is 1.67. The van der Waals surface area contributed by atoms with Crippen molar-refractivity contribution < 1.29 is 13.9 Å². The molecule has 1 N–H and O–H groups in total. The van der Waals surface area contributed by atoms with Crippen LogP contribution in [0.25, 0.3) is 33.3 Å². The molecule has 1 heterocycles. The standard InChI is InChI=1S/C27H24N2O3/c1-30-22-14-10-21(11-15-22)28-17-4-18-31-23-12-7-20(8-13-23)27-29-26-24-6-3-2-5-19(24)9-16-25(26)32-27/h2-3,5-16,28H,4,17-18H2,1H3. The Bertz CT molecular complexity index is 1330. The van der Waals surface area contributed by atoms with Gasteiger partial charge in [0.1, 0.15) is 17.0 Å². The Balaban J connectivity index is 1.17. The molecule has 5 heteroatoms. The molecule has 0 bridgehead atoms. The fourth-order valence-corrected chi connectivity index (χ4v) is 3.68. The number of oxazole rings is 1. The number of hydrogen-bond donors (Lipinski definition) is 1. The lowest BCUT2D eigenvalue weighted by atomic mass is 10.1. The minimum atomic E-state index is 0.617. The number of nitrogens with zero attached hydrogens (tertiary/aromatic N) is 1. The number of hydrogen-bond acceptors (Lipinski definition) is 5. The molecule has 0 aliphatic heterocycles. The van der Waals surface area contributed by atoms with Crippen LogP contribution in [0, 0.1) is 0 Å². The number of aromatic nitrogens is 1. The maximum atomic E-state index is 6.00. The molecule has 5 aromatic rings. The summed E-state index contributed by atoms with van der Waals surface area (Å²) in [6.45, 7) is 1.47. The van der Waals surface area contributed by atoms with Crippen LogP contribution in [0.1, 0.15) is 6.42 Å². The summed E-state index contributed by atoms with van der Waals surface area (Å²) >= 11 is 0. The molecule has 0 amide bonds. The predicted molar refractivity (Wildman–Crippen MR) is 129 cm³/mol. The topological polar surface area (TPSA) is 56.5 Å². The first kappa shape index (κ1) is 19.9. The molecule has 0 radical (unpaired) electrons. The summed E-state index contributed by atoms with van der Waals surface area (Å²) in [6.07, 6.45) is 0.895. The van der Waals surface area contributed by atoms with Crippen LogP contribution < -0.4 is 14.8 Å². The van der Waals surface area contributed by atoms with Gasteiger partial charge in [-0.1, -0.05) is 30.3 Å². The number of nitrogens with one attached hydrogen (secondary N) is 1. The van der Waals surface area contributed by atoms with Crippen molar-refractivity contribution in [3.8, 4) is 23.0 Å². The van der Waals surface area contributed by atoms with Crippen molar-refractivity contribution in [2.75, 3.05) is 25.6 Å². The van der Waals surface area contributed by atoms with E-state index in [0.29, 0.717) is 12.5 Å². The van der Waals surface area contributed by atoms with Gasteiger partial charge >= 0.3 is 0 Å². The number of ether oxygens (including phenoxy) is 2. The number of fused-ring (bicyclic) bond motifs is 3. The number of rotatable bonds is 8. The van der Waals surface area contributed by atoms with E-state index in [2.05, 4.69) is 23.5 Å². The van der Waals surface area contributed by atoms with Crippen molar-refractivity contribution in [3.05, 3.63) is 84.9 Å². The smallest absolute Gasteiger partial charge is 0.227 e. The SMILES string of the molecule is COc1ccc(NCCCOc2ccc(-c3nc4c(ccc5ccccc54)o3)cc2)cc1. The molecule has 0 saturated carbocycles. The van der Waals surface area contributed by atoms with Gasteiger partial charge in [0.15, 0.2) is 5.58 Å². The lowest BCUT2D eigenvalue weighted by Crippen LogP contribution is -2.07. The molecule has 0 atom stereocenters. The molecule has 0 fully saturated rings. The highest BCUT2D eigenvalue weighted by molar-refractivity contribution is 6.03. The summed E-state index contributed by atoms with van der Waals surface area (Å²) in [6, 6.07) is 28.0. The Morgan fingerprint density at radius 3 is 2.44 bits per heavy atom. The Kier molecular flexibility index (Phi) is 5.62. The first-order valence-corrected chi connectivity index (χ1v) is 10.7. The normalized spacial score (nSPS) is 11.0. The third kappa shape index (κ3) is 4.23. The van der Waals surface area contributed by atoms with Crippen molar-refractivity contribution in [1.82, 2.24) is 4.98 Å². The fraction of sp³-hybridized carbons (Fsp3) is 0.148. The largest absolute Gasteiger partial charge is 0.497 e. The number of benzene rings is 4. The van der Waals surface area contributed by atoms with Crippen molar-refractivity contribution in [3.63, 3.8) is 0 Å². The maximum absolute atomic E-state index is 6.00. The van der Waals surface area contributed by atoms with E-state index in [9.17, 15) is 0 Å². The molecule has 5 rings (SSSR count). The van der Waals surface area contributed by atoms with Crippen LogP contribution in [0.5, 0.6) is 11.5 Å². The van der Waals surface area contributed by atoms with E-state index in [4.69, 9.17) is 18.9 Å². The summed E-state index contributed by atoms with van der Waals surface area (Å²) < 4.78 is 17.1. The van der Waals surface area contributed by atoms with Gasteiger partial charge in [-0.2, -0.15) is 0 Å². The van der Waals surface area contributed by atoms with Crippen molar-refractivity contribution in [1.29, 1.82) is 0 Å². The third-order valence-corrected chi connectivity index (χ3v) is 5.39. The minimum absolute atomic E-state index is 0.617. The third-order valence-electron chi connectivity index (χ3n) is 5.39. The summed E-state index contributed by atoms with van der Waals surface area (Å²) in [4.78, 5) is 4.74. The van der Waals surface area contributed by atoms with Crippen molar-refractivity contribution in [2.45, 2.75) is 6.42 Å². The second-order valence-electron chi connectivity index (χ2n) is 7.53. The average Bonchev–Trinajstić information content (AvgIpc) is 3.30. The first-order valence-electron chi connectivity index (χ1n) is 10.7. The van der Waals surface area contributed by atoms with Crippen LogP contribution in [-0.2, 0) is 0 Å². The monoisotopic (exact) mass is 424 g/mol. The van der Waals surface area contributed by atoms with Crippen molar-refractivity contribution >= 4 is 27.6 Å². The van der Waals surface area contributed by atoms with E-state index in [1.54, 1.807) is 7.11 Å². The second kappa shape index (κ2) is 9.02. The Morgan fingerprint density at radius 1 is 0.844 bits per heavy atom. The molecular formula is C27H24N2O3. The summed E-state index contributed by atoms with van der Waals surface area (Å²) in [5, 5.41) is 5.64. The van der Waals surface area contributed by atoms with Crippen LogP contribution in [0.15, 0.2) is 89.3 Å². The van der Waals surface area contributed by atoms with Gasteiger partial charge in [-0.15, -0.1) is 0 Å². The van der Waals surface area contributed by atoms with E-state index in [1.807, 2.05) is 66.7 Å². The molecule has 4 aromatic carbocycles. The van der Waals surface area contributed by atoms with Crippen LogP contribution in [0.4, 0.5) is 5.69 Å². The highest BCUT2D eigenvalue weighted by Gasteiger charge is 2.11. The minimum Gasteiger partial charge on any atom is -0.497 e. The van der Waals surface area contributed by atoms with Crippen molar-refractivity contribution in [2.24, 2.45) is 0 Å². The molecule has 0 unspecified atom stereocenters. The Labute approximate surface area is 186 Å². The zero-order valence-corrected chi connectivity index (χ0v) is 17.9. The molecule has 0 spiro atoms. The summed E-state index contributed by atoms with van der Waals surface area (Å²) in [5.41, 5.74) is 3.69. The molecule has 0 aliphatic rings. The molecular weight excluding hydrogens is 400 g/mol. The lowest BCUT2D eigenvalue weighted by Gasteiger charge is -2.09. The zero-order valence-electron chi connectivity index (χ0n) is 17.9. The van der Waals surface area contributed by atoms with Gasteiger partial charge in [-0.05, 0) is 66.4 Å². The zero-order chi connectivity index (χ0) is 21.8. The number of anilines is 1. The average molecular weight is 425 g/mol. The Hall–Kier alpha value is -3.99. The van der Waals surface area contributed by atoms with Crippen LogP contribution in [-0.4, -0.2) is 25.2 Å². The summed E-state index contributed by atoms with van der Waals surface area (Å²) in [5.74, 6) is 2.31. The van der Waals surface area contributed by atoms with Gasteiger partial charge in [-0.25, -0.2) is 4.98 Å². The predicted octanol–water partition coefficient (Wildman–Crippen LogP) is 6.54. The molecule has 1 aromatic heterocycles. The van der Waals surface area contributed by atoms with E-state index < -0.39 is 0 Å². The van der Waals surface area contributed by atoms with E-state index >= 15 is 0 Å². The van der Waals surface area contributed by atoms with Gasteiger partial charge < -0.3 is 19.2 Å². The Morgan fingerprint density at radius 2 is 1.62 bits per heavy atom. The van der Waals surface area contributed by atoms with E-state index in [1.165, 1.54) is 0 Å². The molecule has 5 nitrogen and oxygen atoms in total. The number of methoxy groups -OCH3 is 1. The van der Waals surface area contributed by atoms with Crippen LogP contribution in [0.3, 0.4) is 0 Å². The maximum Gasteiger partial charge on any atom is 0.227 e.